The summed E-state index contributed by atoms with van der Waals surface area (Å²) in [4.78, 5) is 19.7. The largest absolute Gasteiger partial charge is 0.375 e. The lowest BCUT2D eigenvalue weighted by Gasteiger charge is -2.23. The van der Waals surface area contributed by atoms with Crippen LogP contribution in [0.2, 0.25) is 0 Å². The zero-order valence-electron chi connectivity index (χ0n) is 13.8. The highest BCUT2D eigenvalue weighted by atomic mass is 32.1. The van der Waals surface area contributed by atoms with Gasteiger partial charge in [-0.2, -0.15) is 0 Å². The van der Waals surface area contributed by atoms with Crippen LogP contribution < -0.4 is 9.80 Å². The van der Waals surface area contributed by atoms with Crippen LogP contribution in [-0.2, 0) is 17.8 Å². The Hall–Kier alpha value is -1.73. The number of aryl methyl sites for hydroxylation is 1. The maximum Gasteiger partial charge on any atom is 0.185 e. The number of hydrogen-bond acceptors (Lipinski definition) is 7. The van der Waals surface area contributed by atoms with E-state index in [-0.39, 0.29) is 0 Å². The third kappa shape index (κ3) is 2.38. The molecular formula is C17H21N5OS. The smallest absolute Gasteiger partial charge is 0.185 e. The summed E-state index contributed by atoms with van der Waals surface area (Å²) in [5.74, 6) is 2.51. The van der Waals surface area contributed by atoms with E-state index >= 15 is 0 Å². The molecule has 126 valence electrons. The molecule has 2 atom stereocenters. The Morgan fingerprint density at radius 2 is 1.96 bits per heavy atom. The SMILES string of the molecule is Cc1cncnc1N1CC2CN(c3nc4c(s3)COCC4)CC2C1. The van der Waals surface area contributed by atoms with Crippen molar-refractivity contribution in [2.45, 2.75) is 20.0 Å². The van der Waals surface area contributed by atoms with Crippen molar-refractivity contribution in [2.75, 3.05) is 42.6 Å². The second-order valence-corrected chi connectivity index (χ2v) is 8.09. The molecular weight excluding hydrogens is 322 g/mol. The fourth-order valence-corrected chi connectivity index (χ4v) is 5.25. The fraction of sp³-hybridized carbons (Fsp3) is 0.588. The molecule has 5 heterocycles. The number of thiazole rings is 1. The molecule has 7 heteroatoms. The molecule has 2 unspecified atom stereocenters. The summed E-state index contributed by atoms with van der Waals surface area (Å²) in [6.45, 7) is 8.05. The molecule has 3 aliphatic rings. The lowest BCUT2D eigenvalue weighted by molar-refractivity contribution is 0.112. The summed E-state index contributed by atoms with van der Waals surface area (Å²) in [6, 6.07) is 0. The number of anilines is 2. The molecule has 0 spiro atoms. The molecule has 3 aliphatic heterocycles. The van der Waals surface area contributed by atoms with E-state index in [0.29, 0.717) is 11.8 Å². The van der Waals surface area contributed by atoms with E-state index in [0.717, 1.165) is 51.6 Å². The van der Waals surface area contributed by atoms with Crippen LogP contribution in [0.5, 0.6) is 0 Å². The fourth-order valence-electron chi connectivity index (χ4n) is 4.19. The first-order valence-electron chi connectivity index (χ1n) is 8.61. The number of aromatic nitrogens is 3. The average molecular weight is 343 g/mol. The molecule has 24 heavy (non-hydrogen) atoms. The van der Waals surface area contributed by atoms with Crippen LogP contribution in [0.25, 0.3) is 0 Å². The number of fused-ring (bicyclic) bond motifs is 2. The summed E-state index contributed by atoms with van der Waals surface area (Å²) in [6.07, 6.45) is 4.53. The Kier molecular flexibility index (Phi) is 3.45. The Morgan fingerprint density at radius 1 is 1.17 bits per heavy atom. The van der Waals surface area contributed by atoms with Gasteiger partial charge < -0.3 is 14.5 Å². The minimum Gasteiger partial charge on any atom is -0.375 e. The van der Waals surface area contributed by atoms with Crippen LogP contribution in [0.1, 0.15) is 16.1 Å². The van der Waals surface area contributed by atoms with E-state index in [2.05, 4.69) is 26.7 Å². The van der Waals surface area contributed by atoms with Gasteiger partial charge in [0.05, 0.1) is 23.8 Å². The number of nitrogens with zero attached hydrogens (tertiary/aromatic N) is 5. The number of rotatable bonds is 2. The number of ether oxygens (including phenoxy) is 1. The predicted molar refractivity (Wildman–Crippen MR) is 93.6 cm³/mol. The maximum absolute atomic E-state index is 5.55. The molecule has 2 fully saturated rings. The molecule has 2 aromatic rings. The highest BCUT2D eigenvalue weighted by Gasteiger charge is 2.41. The van der Waals surface area contributed by atoms with Crippen molar-refractivity contribution < 1.29 is 4.74 Å². The van der Waals surface area contributed by atoms with Crippen LogP contribution in [0, 0.1) is 18.8 Å². The summed E-state index contributed by atoms with van der Waals surface area (Å²) in [5, 5.41) is 1.20. The summed E-state index contributed by atoms with van der Waals surface area (Å²) < 4.78 is 5.55. The molecule has 2 saturated heterocycles. The van der Waals surface area contributed by atoms with Gasteiger partial charge in [-0.1, -0.05) is 11.3 Å². The van der Waals surface area contributed by atoms with Gasteiger partial charge in [0.25, 0.3) is 0 Å². The lowest BCUT2D eigenvalue weighted by Crippen LogP contribution is -2.29. The van der Waals surface area contributed by atoms with Crippen molar-refractivity contribution in [1.82, 2.24) is 15.0 Å². The van der Waals surface area contributed by atoms with Crippen molar-refractivity contribution in [3.8, 4) is 0 Å². The molecule has 0 aromatic carbocycles. The third-order valence-corrected chi connectivity index (χ3v) is 6.54. The van der Waals surface area contributed by atoms with E-state index in [4.69, 9.17) is 9.72 Å². The number of hydrogen-bond donors (Lipinski definition) is 0. The molecule has 0 saturated carbocycles. The van der Waals surface area contributed by atoms with E-state index in [1.807, 2.05) is 17.5 Å². The predicted octanol–water partition coefficient (Wildman–Crippen LogP) is 1.89. The maximum atomic E-state index is 5.55. The van der Waals surface area contributed by atoms with Crippen LogP contribution in [0.4, 0.5) is 10.9 Å². The Morgan fingerprint density at radius 3 is 2.71 bits per heavy atom. The van der Waals surface area contributed by atoms with E-state index in [9.17, 15) is 0 Å². The van der Waals surface area contributed by atoms with Crippen LogP contribution in [0.15, 0.2) is 12.5 Å². The molecule has 0 bridgehead atoms. The third-order valence-electron chi connectivity index (χ3n) is 5.41. The van der Waals surface area contributed by atoms with Crippen molar-refractivity contribution in [3.63, 3.8) is 0 Å². The monoisotopic (exact) mass is 343 g/mol. The van der Waals surface area contributed by atoms with E-state index < -0.39 is 0 Å². The topological polar surface area (TPSA) is 54.4 Å². The van der Waals surface area contributed by atoms with Crippen LogP contribution >= 0.6 is 11.3 Å². The first kappa shape index (κ1) is 14.6. The van der Waals surface area contributed by atoms with Gasteiger partial charge in [-0.3, -0.25) is 0 Å². The summed E-state index contributed by atoms with van der Waals surface area (Å²) in [5.41, 5.74) is 2.43. The molecule has 2 aromatic heterocycles. The summed E-state index contributed by atoms with van der Waals surface area (Å²) in [7, 11) is 0. The molecule has 0 N–H and O–H groups in total. The van der Waals surface area contributed by atoms with Gasteiger partial charge >= 0.3 is 0 Å². The van der Waals surface area contributed by atoms with Crippen molar-refractivity contribution in [1.29, 1.82) is 0 Å². The zero-order valence-corrected chi connectivity index (χ0v) is 14.6. The standard InChI is InChI=1S/C17H21N5OS/c1-11-4-18-10-19-16(11)21-5-12-7-22(8-13(12)6-21)17-20-14-2-3-23-9-15(14)24-17/h4,10,12-13H,2-3,5-9H2,1H3. The normalized spacial score (nSPS) is 25.9. The van der Waals surface area contributed by atoms with Crippen LogP contribution in [0.3, 0.4) is 0 Å². The van der Waals surface area contributed by atoms with Gasteiger partial charge in [0.2, 0.25) is 0 Å². The first-order chi connectivity index (χ1) is 11.8. The Labute approximate surface area is 145 Å². The van der Waals surface area contributed by atoms with E-state index in [1.165, 1.54) is 21.3 Å². The first-order valence-corrected chi connectivity index (χ1v) is 9.42. The second-order valence-electron chi connectivity index (χ2n) is 7.03. The van der Waals surface area contributed by atoms with Crippen molar-refractivity contribution in [2.24, 2.45) is 11.8 Å². The van der Waals surface area contributed by atoms with Gasteiger partial charge in [0, 0.05) is 56.2 Å². The second kappa shape index (κ2) is 5.67. The van der Waals surface area contributed by atoms with Gasteiger partial charge in [0.15, 0.2) is 5.13 Å². The molecule has 0 aliphatic carbocycles. The molecule has 0 amide bonds. The van der Waals surface area contributed by atoms with E-state index in [1.54, 1.807) is 6.33 Å². The summed E-state index contributed by atoms with van der Waals surface area (Å²) >= 11 is 1.83. The highest BCUT2D eigenvalue weighted by Crippen LogP contribution is 2.38. The highest BCUT2D eigenvalue weighted by molar-refractivity contribution is 7.15. The Bertz CT molecular complexity index is 726. The van der Waals surface area contributed by atoms with Gasteiger partial charge in [-0.05, 0) is 6.92 Å². The van der Waals surface area contributed by atoms with Crippen molar-refractivity contribution >= 4 is 22.3 Å². The quantitative estimate of drug-likeness (QED) is 0.830. The lowest BCUT2D eigenvalue weighted by atomic mass is 10.0. The average Bonchev–Trinajstić information content (AvgIpc) is 3.27. The van der Waals surface area contributed by atoms with Gasteiger partial charge in [0.1, 0.15) is 12.1 Å². The Balaban J connectivity index is 1.30. The molecule has 0 radical (unpaired) electrons. The minimum atomic E-state index is 0.705. The zero-order chi connectivity index (χ0) is 16.1. The molecule has 6 nitrogen and oxygen atoms in total. The minimum absolute atomic E-state index is 0.705. The van der Waals surface area contributed by atoms with Crippen molar-refractivity contribution in [3.05, 3.63) is 28.7 Å². The molecule has 5 rings (SSSR count). The van der Waals surface area contributed by atoms with Gasteiger partial charge in [-0.15, -0.1) is 0 Å². The van der Waals surface area contributed by atoms with Crippen LogP contribution in [-0.4, -0.2) is 47.7 Å². The van der Waals surface area contributed by atoms with Gasteiger partial charge in [-0.25, -0.2) is 15.0 Å².